The Bertz CT molecular complexity index is 595. The molecule has 1 aromatic carbocycles. The molecular formula is C11H8N2O4S. The van der Waals surface area contributed by atoms with Crippen LogP contribution in [0.25, 0.3) is 0 Å². The van der Waals surface area contributed by atoms with Gasteiger partial charge in [0.05, 0.1) is 10.6 Å². The molecule has 92 valence electrons. The summed E-state index contributed by atoms with van der Waals surface area (Å²) in [5.74, 6) is -0.962. The molecule has 2 aromatic rings. The van der Waals surface area contributed by atoms with Crippen LogP contribution in [0.5, 0.6) is 5.75 Å². The number of phenolic OH excluding ortho intramolecular Hbond substituents is 1. The van der Waals surface area contributed by atoms with Gasteiger partial charge in [0.25, 0.3) is 5.91 Å². The van der Waals surface area contributed by atoms with Crippen LogP contribution in [0.2, 0.25) is 0 Å². The SMILES string of the molecule is O=C(Nc1ccsc1)c1ccc([N+](=O)[O-])c(O)c1. The summed E-state index contributed by atoms with van der Waals surface area (Å²) in [5, 5.41) is 26.1. The quantitative estimate of drug-likeness (QED) is 0.658. The molecule has 0 aliphatic heterocycles. The smallest absolute Gasteiger partial charge is 0.310 e. The van der Waals surface area contributed by atoms with Crippen molar-refractivity contribution in [3.05, 3.63) is 50.7 Å². The fourth-order valence-corrected chi connectivity index (χ4v) is 1.95. The molecule has 6 nitrogen and oxygen atoms in total. The summed E-state index contributed by atoms with van der Waals surface area (Å²) >= 11 is 1.43. The summed E-state index contributed by atoms with van der Waals surface area (Å²) in [6.45, 7) is 0. The summed E-state index contributed by atoms with van der Waals surface area (Å²) in [6, 6.07) is 5.19. The largest absolute Gasteiger partial charge is 0.502 e. The maximum atomic E-state index is 11.8. The number of nitrogens with zero attached hydrogens (tertiary/aromatic N) is 1. The lowest BCUT2D eigenvalue weighted by Crippen LogP contribution is -2.11. The Kier molecular flexibility index (Phi) is 3.24. The molecule has 2 N–H and O–H groups in total. The average molecular weight is 264 g/mol. The molecule has 0 saturated heterocycles. The minimum Gasteiger partial charge on any atom is -0.502 e. The van der Waals surface area contributed by atoms with Crippen LogP contribution in [0.15, 0.2) is 35.0 Å². The first-order valence-corrected chi connectivity index (χ1v) is 5.83. The Morgan fingerprint density at radius 1 is 1.39 bits per heavy atom. The molecular weight excluding hydrogens is 256 g/mol. The summed E-state index contributed by atoms with van der Waals surface area (Å²) in [4.78, 5) is 21.6. The Morgan fingerprint density at radius 3 is 2.72 bits per heavy atom. The number of hydrogen-bond donors (Lipinski definition) is 2. The van der Waals surface area contributed by atoms with Crippen LogP contribution in [-0.2, 0) is 0 Å². The Balaban J connectivity index is 2.21. The molecule has 0 saturated carbocycles. The Labute approximate surface area is 106 Å². The molecule has 0 aliphatic carbocycles. The van der Waals surface area contributed by atoms with E-state index in [1.807, 2.05) is 5.38 Å². The number of carbonyl (C=O) groups excluding carboxylic acids is 1. The van der Waals surface area contributed by atoms with Crippen molar-refractivity contribution in [3.63, 3.8) is 0 Å². The van der Waals surface area contributed by atoms with Crippen LogP contribution < -0.4 is 5.32 Å². The van der Waals surface area contributed by atoms with Crippen molar-refractivity contribution in [2.75, 3.05) is 5.32 Å². The van der Waals surface area contributed by atoms with Gasteiger partial charge in [-0.15, -0.1) is 0 Å². The molecule has 0 bridgehead atoms. The van der Waals surface area contributed by atoms with Crippen molar-refractivity contribution in [2.24, 2.45) is 0 Å². The van der Waals surface area contributed by atoms with Gasteiger partial charge in [-0.2, -0.15) is 11.3 Å². The van der Waals surface area contributed by atoms with E-state index in [9.17, 15) is 20.0 Å². The van der Waals surface area contributed by atoms with E-state index in [2.05, 4.69) is 5.32 Å². The fraction of sp³-hybridized carbons (Fsp3) is 0. The van der Waals surface area contributed by atoms with Crippen molar-refractivity contribution in [1.82, 2.24) is 0 Å². The Morgan fingerprint density at radius 2 is 2.17 bits per heavy atom. The summed E-state index contributed by atoms with van der Waals surface area (Å²) < 4.78 is 0. The van der Waals surface area contributed by atoms with E-state index in [0.717, 1.165) is 12.1 Å². The number of anilines is 1. The van der Waals surface area contributed by atoms with E-state index in [4.69, 9.17) is 0 Å². The molecule has 0 aliphatic rings. The summed E-state index contributed by atoms with van der Waals surface area (Å²) in [6.07, 6.45) is 0. The van der Waals surface area contributed by atoms with E-state index in [-0.39, 0.29) is 5.56 Å². The number of aromatic hydroxyl groups is 1. The lowest BCUT2D eigenvalue weighted by atomic mass is 10.2. The van der Waals surface area contributed by atoms with E-state index in [1.165, 1.54) is 17.4 Å². The van der Waals surface area contributed by atoms with E-state index in [0.29, 0.717) is 5.69 Å². The number of benzene rings is 1. The van der Waals surface area contributed by atoms with Gasteiger partial charge in [0, 0.05) is 17.0 Å². The molecule has 7 heteroatoms. The van der Waals surface area contributed by atoms with E-state index < -0.39 is 22.3 Å². The topological polar surface area (TPSA) is 92.5 Å². The zero-order valence-electron chi connectivity index (χ0n) is 8.99. The van der Waals surface area contributed by atoms with Gasteiger partial charge in [-0.05, 0) is 23.6 Å². The molecule has 1 heterocycles. The van der Waals surface area contributed by atoms with Gasteiger partial charge in [-0.1, -0.05) is 0 Å². The molecule has 2 rings (SSSR count). The van der Waals surface area contributed by atoms with E-state index in [1.54, 1.807) is 11.4 Å². The number of phenols is 1. The molecule has 0 spiro atoms. The third-order valence-corrected chi connectivity index (χ3v) is 2.90. The minimum atomic E-state index is -0.712. The van der Waals surface area contributed by atoms with Crippen LogP contribution >= 0.6 is 11.3 Å². The van der Waals surface area contributed by atoms with Gasteiger partial charge in [-0.25, -0.2) is 0 Å². The van der Waals surface area contributed by atoms with Crippen molar-refractivity contribution in [1.29, 1.82) is 0 Å². The van der Waals surface area contributed by atoms with Crippen molar-refractivity contribution >= 4 is 28.6 Å². The normalized spacial score (nSPS) is 10.0. The van der Waals surface area contributed by atoms with Gasteiger partial charge < -0.3 is 10.4 Å². The number of rotatable bonds is 3. The van der Waals surface area contributed by atoms with Crippen molar-refractivity contribution in [2.45, 2.75) is 0 Å². The minimum absolute atomic E-state index is 0.157. The number of nitro groups is 1. The second kappa shape index (κ2) is 4.84. The standard InChI is InChI=1S/C11H8N2O4S/c14-10-5-7(1-2-9(10)13(16)17)11(15)12-8-3-4-18-6-8/h1-6,14H,(H,12,15). The summed E-state index contributed by atoms with van der Waals surface area (Å²) in [5.41, 5.74) is 0.370. The predicted molar refractivity (Wildman–Crippen MR) is 67.0 cm³/mol. The molecule has 18 heavy (non-hydrogen) atoms. The van der Waals surface area contributed by atoms with Gasteiger partial charge >= 0.3 is 5.69 Å². The van der Waals surface area contributed by atoms with Crippen LogP contribution in [0, 0.1) is 10.1 Å². The number of carbonyl (C=O) groups is 1. The molecule has 0 fully saturated rings. The fourth-order valence-electron chi connectivity index (χ4n) is 1.36. The first kappa shape index (κ1) is 12.1. The number of hydrogen-bond acceptors (Lipinski definition) is 5. The van der Waals surface area contributed by atoms with Crippen LogP contribution in [0.4, 0.5) is 11.4 Å². The highest BCUT2D eigenvalue weighted by Gasteiger charge is 2.16. The molecule has 1 amide bonds. The third kappa shape index (κ3) is 2.46. The maximum Gasteiger partial charge on any atom is 0.310 e. The highest BCUT2D eigenvalue weighted by molar-refractivity contribution is 7.08. The first-order valence-electron chi connectivity index (χ1n) is 4.89. The molecule has 0 radical (unpaired) electrons. The summed E-state index contributed by atoms with van der Waals surface area (Å²) in [7, 11) is 0. The van der Waals surface area contributed by atoms with Crippen molar-refractivity contribution < 1.29 is 14.8 Å². The number of amides is 1. The molecule has 1 aromatic heterocycles. The second-order valence-corrected chi connectivity index (χ2v) is 4.21. The van der Waals surface area contributed by atoms with Gasteiger partial charge in [0.15, 0.2) is 5.75 Å². The first-order chi connectivity index (χ1) is 8.58. The number of nitro benzene ring substituents is 1. The second-order valence-electron chi connectivity index (χ2n) is 3.43. The number of nitrogens with one attached hydrogen (secondary N) is 1. The predicted octanol–water partition coefficient (Wildman–Crippen LogP) is 2.61. The average Bonchev–Trinajstić information content (AvgIpc) is 2.81. The monoisotopic (exact) mass is 264 g/mol. The van der Waals surface area contributed by atoms with Gasteiger partial charge in [0.1, 0.15) is 0 Å². The highest BCUT2D eigenvalue weighted by atomic mass is 32.1. The Hall–Kier alpha value is -2.41. The third-order valence-electron chi connectivity index (χ3n) is 2.21. The van der Waals surface area contributed by atoms with Crippen LogP contribution in [0.1, 0.15) is 10.4 Å². The van der Waals surface area contributed by atoms with Crippen LogP contribution in [-0.4, -0.2) is 15.9 Å². The lowest BCUT2D eigenvalue weighted by molar-refractivity contribution is -0.385. The van der Waals surface area contributed by atoms with Gasteiger partial charge in [0.2, 0.25) is 0 Å². The van der Waals surface area contributed by atoms with E-state index >= 15 is 0 Å². The zero-order valence-corrected chi connectivity index (χ0v) is 9.81. The molecule has 0 unspecified atom stereocenters. The highest BCUT2D eigenvalue weighted by Crippen LogP contribution is 2.26. The van der Waals surface area contributed by atoms with Crippen LogP contribution in [0.3, 0.4) is 0 Å². The molecule has 0 atom stereocenters. The van der Waals surface area contributed by atoms with Gasteiger partial charge in [-0.3, -0.25) is 14.9 Å². The van der Waals surface area contributed by atoms with Crippen molar-refractivity contribution in [3.8, 4) is 5.75 Å². The zero-order chi connectivity index (χ0) is 13.1. The maximum absolute atomic E-state index is 11.8. The lowest BCUT2D eigenvalue weighted by Gasteiger charge is -2.03. The number of thiophene rings is 1.